The first-order chi connectivity index (χ1) is 15.5. The van der Waals surface area contributed by atoms with Gasteiger partial charge in [0.1, 0.15) is 5.82 Å². The van der Waals surface area contributed by atoms with Gasteiger partial charge in [0.15, 0.2) is 0 Å². The van der Waals surface area contributed by atoms with Crippen molar-refractivity contribution < 1.29 is 42.2 Å². The van der Waals surface area contributed by atoms with E-state index in [4.69, 9.17) is 0 Å². The van der Waals surface area contributed by atoms with Crippen molar-refractivity contribution in [2.45, 2.75) is 34.1 Å². The van der Waals surface area contributed by atoms with Gasteiger partial charge in [0.05, 0.1) is 18.1 Å². The second kappa shape index (κ2) is 17.0. The molecule has 2 heterocycles. The molecule has 173 valence electrons. The molecule has 0 amide bonds. The fraction of sp³-hybridized carbons (Fsp3) is 0.231. The molecule has 0 aliphatic heterocycles. The fourth-order valence-corrected chi connectivity index (χ4v) is 2.66. The predicted molar refractivity (Wildman–Crippen MR) is 131 cm³/mol. The van der Waals surface area contributed by atoms with E-state index in [1.165, 1.54) is 23.7 Å². The van der Waals surface area contributed by atoms with Gasteiger partial charge in [0.25, 0.3) is 0 Å². The molecule has 0 saturated heterocycles. The van der Waals surface area contributed by atoms with Crippen molar-refractivity contribution in [2.24, 2.45) is 0 Å². The van der Waals surface area contributed by atoms with Gasteiger partial charge < -0.3 is 11.7 Å². The van der Waals surface area contributed by atoms with E-state index in [0.29, 0.717) is 16.9 Å². The Kier molecular flexibility index (Phi) is 15.7. The topological polar surface area (TPSA) is 66.1 Å². The first-order valence-electron chi connectivity index (χ1n) is 10.5. The number of hydrogen-bond acceptors (Lipinski definition) is 4. The Morgan fingerprint density at radius 3 is 1.88 bits per heavy atom. The Morgan fingerprint density at radius 2 is 1.42 bits per heavy atom. The van der Waals surface area contributed by atoms with Gasteiger partial charge in [-0.2, -0.15) is 11.5 Å². The number of benzene rings is 2. The van der Waals surface area contributed by atoms with Crippen molar-refractivity contribution in [3.05, 3.63) is 102 Å². The van der Waals surface area contributed by atoms with Crippen LogP contribution in [-0.2, 0) is 37.4 Å². The number of hydrogen-bond donors (Lipinski definition) is 0. The summed E-state index contributed by atoms with van der Waals surface area (Å²) in [5.74, 6) is 0.455. The predicted octanol–water partition coefficient (Wildman–Crippen LogP) is 6.05. The number of fused-ring (bicyclic) bond motifs is 1. The SMILES string of the molecule is CCC.COC(=O)n1c(=O)n(-c2ccccn2)c2ccccc21.Cc1ccccc1.[CH2-]C.[Y]. The second-order valence-electron chi connectivity index (χ2n) is 6.46. The monoisotopic (exact) mass is 523 g/mol. The van der Waals surface area contributed by atoms with Gasteiger partial charge in [-0.05, 0) is 31.2 Å². The maximum atomic E-state index is 12.5. The number of ether oxygens (including phenoxy) is 1. The van der Waals surface area contributed by atoms with Gasteiger partial charge in [-0.25, -0.2) is 19.1 Å². The number of aromatic nitrogens is 3. The second-order valence-corrected chi connectivity index (χ2v) is 6.46. The van der Waals surface area contributed by atoms with Gasteiger partial charge >= 0.3 is 11.8 Å². The van der Waals surface area contributed by atoms with Crippen molar-refractivity contribution in [1.29, 1.82) is 0 Å². The average molecular weight is 523 g/mol. The van der Waals surface area contributed by atoms with Crippen LogP contribution in [0.2, 0.25) is 0 Å². The summed E-state index contributed by atoms with van der Waals surface area (Å²) in [5, 5.41) is 0. The van der Waals surface area contributed by atoms with Gasteiger partial charge in [-0.1, -0.05) is 74.4 Å². The van der Waals surface area contributed by atoms with Crippen molar-refractivity contribution >= 4 is 17.1 Å². The van der Waals surface area contributed by atoms with E-state index >= 15 is 0 Å². The third-order valence-corrected chi connectivity index (χ3v) is 3.92. The van der Waals surface area contributed by atoms with Gasteiger partial charge in [0.2, 0.25) is 0 Å². The number of carbonyl (C=O) groups excluding carboxylic acids is 1. The maximum absolute atomic E-state index is 12.5. The quantitative estimate of drug-likeness (QED) is 0.285. The van der Waals surface area contributed by atoms with Crippen LogP contribution in [0.1, 0.15) is 32.8 Å². The Bertz CT molecular complexity index is 1120. The maximum Gasteiger partial charge on any atom is 0.422 e. The van der Waals surface area contributed by atoms with E-state index in [-0.39, 0.29) is 32.7 Å². The van der Waals surface area contributed by atoms with E-state index in [1.807, 2.05) is 18.2 Å². The Morgan fingerprint density at radius 1 is 0.909 bits per heavy atom. The number of imidazole rings is 1. The van der Waals surface area contributed by atoms with Gasteiger partial charge in [-0.3, -0.25) is 0 Å². The first kappa shape index (κ1) is 30.4. The van der Waals surface area contributed by atoms with Crippen molar-refractivity contribution in [1.82, 2.24) is 14.1 Å². The molecular weight excluding hydrogens is 491 g/mol. The number of pyridine rings is 1. The largest absolute Gasteiger partial charge is 0.452 e. The number of aryl methyl sites for hydroxylation is 1. The van der Waals surface area contributed by atoms with Crippen LogP contribution >= 0.6 is 0 Å². The third-order valence-electron chi connectivity index (χ3n) is 3.92. The normalized spacial score (nSPS) is 9.03. The van der Waals surface area contributed by atoms with Gasteiger partial charge in [0, 0.05) is 38.9 Å². The van der Waals surface area contributed by atoms with E-state index in [2.05, 4.69) is 49.5 Å². The zero-order chi connectivity index (χ0) is 23.9. The van der Waals surface area contributed by atoms with Crippen LogP contribution < -0.4 is 5.69 Å². The number of nitrogens with zero attached hydrogens (tertiary/aromatic N) is 3. The minimum Gasteiger partial charge on any atom is -0.452 e. The summed E-state index contributed by atoms with van der Waals surface area (Å²) in [6.45, 7) is 11.3. The molecule has 2 aromatic heterocycles. The molecule has 4 rings (SSSR count). The molecule has 0 N–H and O–H groups in total. The number of carbonyl (C=O) groups is 1. The molecule has 1 radical (unpaired) electrons. The Hall–Kier alpha value is -2.57. The molecule has 6 nitrogen and oxygen atoms in total. The van der Waals surface area contributed by atoms with E-state index in [0.717, 1.165) is 4.57 Å². The summed E-state index contributed by atoms with van der Waals surface area (Å²) in [5.41, 5.74) is 1.90. The van der Waals surface area contributed by atoms with Crippen LogP contribution in [0.4, 0.5) is 4.79 Å². The molecule has 0 spiro atoms. The Balaban J connectivity index is 0.000000659. The molecule has 0 fully saturated rings. The van der Waals surface area contributed by atoms with E-state index < -0.39 is 11.8 Å². The third kappa shape index (κ3) is 8.71. The summed E-state index contributed by atoms with van der Waals surface area (Å²) in [4.78, 5) is 28.4. The molecular formula is C26H32N3O3Y-. The smallest absolute Gasteiger partial charge is 0.422 e. The number of methoxy groups -OCH3 is 1. The molecule has 0 unspecified atom stereocenters. The summed E-state index contributed by atoms with van der Waals surface area (Å²) >= 11 is 0. The standard InChI is InChI=1S/C14H11N3O3.C7H8.C3H8.C2H5.Y/c1-20-14(19)17-11-7-3-2-6-10(11)16(13(17)18)12-8-4-5-9-15-12;1-7-5-3-2-4-6-7;1-3-2;1-2;/h2-9H,1H3;2-6H,1H3;3H2,1-2H3;1H2,2H3;/q;;;-1;. The zero-order valence-electron chi connectivity index (χ0n) is 20.1. The number of para-hydroxylation sites is 2. The van der Waals surface area contributed by atoms with Crippen LogP contribution in [0.3, 0.4) is 0 Å². The molecule has 2 aromatic carbocycles. The molecule has 4 aromatic rings. The van der Waals surface area contributed by atoms with Crippen molar-refractivity contribution in [3.63, 3.8) is 0 Å². The van der Waals surface area contributed by atoms with Crippen LogP contribution in [0, 0.1) is 13.8 Å². The summed E-state index contributed by atoms with van der Waals surface area (Å²) in [7, 11) is 1.24. The van der Waals surface area contributed by atoms with Crippen LogP contribution in [-0.4, -0.2) is 27.3 Å². The molecule has 7 heteroatoms. The first-order valence-corrected chi connectivity index (χ1v) is 10.5. The van der Waals surface area contributed by atoms with Gasteiger partial charge in [-0.15, -0.1) is 0 Å². The molecule has 0 saturated carbocycles. The molecule has 0 aliphatic carbocycles. The minimum atomic E-state index is -0.721. The Labute approximate surface area is 221 Å². The van der Waals surface area contributed by atoms with Crippen molar-refractivity contribution in [2.75, 3.05) is 7.11 Å². The van der Waals surface area contributed by atoms with Crippen molar-refractivity contribution in [3.8, 4) is 5.82 Å². The molecule has 0 aliphatic rings. The summed E-state index contributed by atoms with van der Waals surface area (Å²) in [6.07, 6.45) is 2.12. The summed E-state index contributed by atoms with van der Waals surface area (Å²) < 4.78 is 7.04. The average Bonchev–Trinajstić information content (AvgIpc) is 3.13. The van der Waals surface area contributed by atoms with E-state index in [9.17, 15) is 9.59 Å². The summed E-state index contributed by atoms with van der Waals surface area (Å²) in [6, 6.07) is 22.5. The molecule has 0 bridgehead atoms. The van der Waals surface area contributed by atoms with Crippen LogP contribution in [0.25, 0.3) is 16.9 Å². The fourth-order valence-electron chi connectivity index (χ4n) is 2.66. The minimum absolute atomic E-state index is 0. The number of rotatable bonds is 1. The zero-order valence-corrected chi connectivity index (χ0v) is 22.9. The van der Waals surface area contributed by atoms with Crippen LogP contribution in [0.5, 0.6) is 0 Å². The molecule has 0 atom stereocenters. The molecule has 33 heavy (non-hydrogen) atoms. The van der Waals surface area contributed by atoms with Crippen LogP contribution in [0.15, 0.2) is 83.8 Å². The van der Waals surface area contributed by atoms with E-state index in [1.54, 1.807) is 55.6 Å².